The van der Waals surface area contributed by atoms with Crippen molar-refractivity contribution in [1.29, 1.82) is 0 Å². The molecule has 0 saturated carbocycles. The second-order valence-electron chi connectivity index (χ2n) is 7.52. The molecule has 2 aromatic heterocycles. The predicted molar refractivity (Wildman–Crippen MR) is 105 cm³/mol. The summed E-state index contributed by atoms with van der Waals surface area (Å²) in [6.07, 6.45) is 5.15. The molecule has 1 atom stereocenters. The molecule has 2 aliphatic rings. The Labute approximate surface area is 175 Å². The third-order valence-electron chi connectivity index (χ3n) is 5.84. The summed E-state index contributed by atoms with van der Waals surface area (Å²) < 4.78 is 41.9. The molecule has 0 aliphatic carbocycles. The van der Waals surface area contributed by atoms with Gasteiger partial charge in [0.2, 0.25) is 10.0 Å². The van der Waals surface area contributed by atoms with Gasteiger partial charge < -0.3 is 19.1 Å². The van der Waals surface area contributed by atoms with Crippen LogP contribution in [0.25, 0.3) is 0 Å². The molecule has 0 spiro atoms. The van der Waals surface area contributed by atoms with E-state index < -0.39 is 22.6 Å². The molecule has 2 aromatic rings. The van der Waals surface area contributed by atoms with Gasteiger partial charge in [-0.25, -0.2) is 17.9 Å². The van der Waals surface area contributed by atoms with Gasteiger partial charge in [-0.15, -0.1) is 0 Å². The molecule has 1 fully saturated rings. The molecule has 4 rings (SSSR count). The number of carbonyl (C=O) groups is 1. The van der Waals surface area contributed by atoms with Crippen LogP contribution in [-0.4, -0.2) is 58.4 Å². The van der Waals surface area contributed by atoms with Crippen molar-refractivity contribution >= 4 is 16.0 Å². The number of sulfonamides is 1. The summed E-state index contributed by atoms with van der Waals surface area (Å²) in [5.41, 5.74) is 2.06. The molecule has 11 heteroatoms. The zero-order valence-corrected chi connectivity index (χ0v) is 17.9. The zero-order valence-electron chi connectivity index (χ0n) is 17.1. The van der Waals surface area contributed by atoms with E-state index in [-0.39, 0.29) is 35.6 Å². The van der Waals surface area contributed by atoms with Gasteiger partial charge in [0, 0.05) is 44.4 Å². The Morgan fingerprint density at radius 2 is 2.20 bits per heavy atom. The second kappa shape index (κ2) is 8.14. The molecule has 0 amide bonds. The van der Waals surface area contributed by atoms with Crippen LogP contribution in [0.4, 0.5) is 0 Å². The van der Waals surface area contributed by atoms with Gasteiger partial charge in [0.15, 0.2) is 0 Å². The fourth-order valence-electron chi connectivity index (χ4n) is 4.16. The lowest BCUT2D eigenvalue weighted by atomic mass is 10.1. The molecule has 4 heterocycles. The number of ether oxygens (including phenoxy) is 2. The quantitative estimate of drug-likeness (QED) is 0.691. The van der Waals surface area contributed by atoms with E-state index in [1.54, 1.807) is 6.20 Å². The average Bonchev–Trinajstić information content (AvgIpc) is 3.34. The molecular weight excluding hydrogens is 412 g/mol. The summed E-state index contributed by atoms with van der Waals surface area (Å²) in [4.78, 5) is 11.9. The van der Waals surface area contributed by atoms with Crippen LogP contribution >= 0.6 is 0 Å². The first-order chi connectivity index (χ1) is 14.4. The van der Waals surface area contributed by atoms with Gasteiger partial charge in [-0.05, 0) is 25.3 Å². The van der Waals surface area contributed by atoms with Crippen LogP contribution in [0.15, 0.2) is 17.2 Å². The maximum Gasteiger partial charge on any atom is 0.354 e. The van der Waals surface area contributed by atoms with Crippen LogP contribution in [-0.2, 0) is 46.1 Å². The van der Waals surface area contributed by atoms with Crippen LogP contribution in [0.5, 0.6) is 0 Å². The molecule has 10 nitrogen and oxygen atoms in total. The first kappa shape index (κ1) is 21.0. The number of fused-ring (bicyclic) bond motifs is 1. The van der Waals surface area contributed by atoms with Crippen molar-refractivity contribution in [2.24, 2.45) is 7.05 Å². The van der Waals surface area contributed by atoms with Crippen molar-refractivity contribution in [1.82, 2.24) is 18.7 Å². The highest BCUT2D eigenvalue weighted by Crippen LogP contribution is 2.31. The van der Waals surface area contributed by atoms with E-state index in [1.807, 2.05) is 4.68 Å². The number of aromatic nitrogens is 3. The monoisotopic (exact) mass is 438 g/mol. The zero-order chi connectivity index (χ0) is 21.5. The van der Waals surface area contributed by atoms with Crippen LogP contribution in [0.2, 0.25) is 0 Å². The summed E-state index contributed by atoms with van der Waals surface area (Å²) in [6, 6.07) is 1.27. The van der Waals surface area contributed by atoms with E-state index in [0.29, 0.717) is 13.0 Å². The summed E-state index contributed by atoms with van der Waals surface area (Å²) in [7, 11) is -1.18. The average molecular weight is 439 g/mol. The van der Waals surface area contributed by atoms with Crippen molar-refractivity contribution in [3.63, 3.8) is 0 Å². The Bertz CT molecular complexity index is 1050. The maximum absolute atomic E-state index is 13.4. The normalized spacial score (nSPS) is 20.2. The second-order valence-corrected chi connectivity index (χ2v) is 9.43. The van der Waals surface area contributed by atoms with Crippen molar-refractivity contribution in [2.75, 3.05) is 20.3 Å². The molecule has 0 bridgehead atoms. The van der Waals surface area contributed by atoms with Gasteiger partial charge in [0.05, 0.1) is 25.6 Å². The van der Waals surface area contributed by atoms with Crippen molar-refractivity contribution in [2.45, 2.75) is 50.0 Å². The van der Waals surface area contributed by atoms with Gasteiger partial charge in [-0.2, -0.15) is 9.40 Å². The van der Waals surface area contributed by atoms with Crippen LogP contribution in [0.1, 0.15) is 52.9 Å². The Morgan fingerprint density at radius 3 is 2.87 bits per heavy atom. The van der Waals surface area contributed by atoms with Crippen molar-refractivity contribution in [3.8, 4) is 0 Å². The SMILES string of the molecule is COC(=O)c1cc(S(=O)(=O)N2CCc3c(cnn3C3CCCCO3)C2)c(CO)n1C. The van der Waals surface area contributed by atoms with Gasteiger partial charge in [0.1, 0.15) is 16.8 Å². The summed E-state index contributed by atoms with van der Waals surface area (Å²) in [5.74, 6) is -0.664. The number of nitrogens with zero attached hydrogens (tertiary/aromatic N) is 4. The minimum atomic E-state index is -3.93. The van der Waals surface area contributed by atoms with Crippen LogP contribution in [0.3, 0.4) is 0 Å². The van der Waals surface area contributed by atoms with Gasteiger partial charge in [-0.3, -0.25) is 0 Å². The van der Waals surface area contributed by atoms with Gasteiger partial charge in [0.25, 0.3) is 0 Å². The van der Waals surface area contributed by atoms with E-state index in [4.69, 9.17) is 9.47 Å². The lowest BCUT2D eigenvalue weighted by molar-refractivity contribution is -0.0414. The highest BCUT2D eigenvalue weighted by atomic mass is 32.2. The molecule has 30 heavy (non-hydrogen) atoms. The first-order valence-corrected chi connectivity index (χ1v) is 11.4. The topological polar surface area (TPSA) is 116 Å². The Kier molecular flexibility index (Phi) is 5.71. The summed E-state index contributed by atoms with van der Waals surface area (Å²) >= 11 is 0. The number of hydrogen-bond acceptors (Lipinski definition) is 7. The standard InChI is InChI=1S/C19H26N4O6S/c1-21-15(19(25)28-2)9-17(16(21)12-24)30(26,27)22-7-6-14-13(11-22)10-20-23(14)18-5-3-4-8-29-18/h9-10,18,24H,3-8,11-12H2,1-2H3. The van der Waals surface area contributed by atoms with E-state index in [1.165, 1.54) is 29.1 Å². The molecule has 1 saturated heterocycles. The molecule has 1 unspecified atom stereocenters. The largest absolute Gasteiger partial charge is 0.464 e. The first-order valence-electron chi connectivity index (χ1n) is 9.93. The minimum Gasteiger partial charge on any atom is -0.464 e. The van der Waals surface area contributed by atoms with E-state index >= 15 is 0 Å². The lowest BCUT2D eigenvalue weighted by Crippen LogP contribution is -2.37. The molecule has 2 aliphatic heterocycles. The number of methoxy groups -OCH3 is 1. The van der Waals surface area contributed by atoms with E-state index in [9.17, 15) is 18.3 Å². The van der Waals surface area contributed by atoms with Gasteiger partial charge >= 0.3 is 5.97 Å². The summed E-state index contributed by atoms with van der Waals surface area (Å²) in [6.45, 7) is 0.650. The van der Waals surface area contributed by atoms with Crippen LogP contribution in [0, 0.1) is 0 Å². The van der Waals surface area contributed by atoms with E-state index in [0.717, 1.165) is 30.5 Å². The number of carbonyl (C=O) groups excluding carboxylic acids is 1. The number of esters is 1. The third-order valence-corrected chi connectivity index (χ3v) is 7.74. The molecule has 1 N–H and O–H groups in total. The molecular formula is C19H26N4O6S. The molecule has 0 radical (unpaired) electrons. The highest BCUT2D eigenvalue weighted by molar-refractivity contribution is 7.89. The Balaban J connectivity index is 1.63. The third kappa shape index (κ3) is 3.45. The number of aliphatic hydroxyl groups is 1. The highest BCUT2D eigenvalue weighted by Gasteiger charge is 2.35. The smallest absolute Gasteiger partial charge is 0.354 e. The fourth-order valence-corrected chi connectivity index (χ4v) is 5.84. The maximum atomic E-state index is 13.4. The van der Waals surface area contributed by atoms with Crippen molar-refractivity contribution in [3.05, 3.63) is 34.9 Å². The van der Waals surface area contributed by atoms with E-state index in [2.05, 4.69) is 5.10 Å². The predicted octanol–water partition coefficient (Wildman–Crippen LogP) is 0.947. The Hall–Kier alpha value is -2.21. The summed E-state index contributed by atoms with van der Waals surface area (Å²) in [5, 5.41) is 14.2. The molecule has 164 valence electrons. The number of aliphatic hydroxyl groups excluding tert-OH is 1. The van der Waals surface area contributed by atoms with Gasteiger partial charge in [-0.1, -0.05) is 0 Å². The Morgan fingerprint density at radius 1 is 1.40 bits per heavy atom. The lowest BCUT2D eigenvalue weighted by Gasteiger charge is -2.29. The number of hydrogen-bond donors (Lipinski definition) is 1. The molecule has 0 aromatic carbocycles. The minimum absolute atomic E-state index is 0.0695. The van der Waals surface area contributed by atoms with Crippen LogP contribution < -0.4 is 0 Å². The number of rotatable bonds is 5. The fraction of sp³-hybridized carbons (Fsp3) is 0.579. The van der Waals surface area contributed by atoms with Crippen molar-refractivity contribution < 1.29 is 27.8 Å².